The van der Waals surface area contributed by atoms with Crippen molar-refractivity contribution in [2.45, 2.75) is 39.7 Å². The van der Waals surface area contributed by atoms with Crippen molar-refractivity contribution in [1.82, 2.24) is 10.2 Å². The fourth-order valence-electron chi connectivity index (χ4n) is 2.25. The van der Waals surface area contributed by atoms with Gasteiger partial charge in [-0.05, 0) is 12.8 Å². The van der Waals surface area contributed by atoms with Crippen LogP contribution in [0.4, 0.5) is 0 Å². The molecule has 1 saturated heterocycles. The summed E-state index contributed by atoms with van der Waals surface area (Å²) in [5.74, 6) is 0.797. The van der Waals surface area contributed by atoms with E-state index in [-0.39, 0.29) is 29.9 Å². The minimum absolute atomic E-state index is 0.0531. The highest BCUT2D eigenvalue weighted by Gasteiger charge is 2.27. The van der Waals surface area contributed by atoms with Gasteiger partial charge in [0.15, 0.2) is 9.84 Å². The monoisotopic (exact) mass is 290 g/mol. The van der Waals surface area contributed by atoms with E-state index >= 15 is 0 Å². The van der Waals surface area contributed by atoms with Crippen molar-refractivity contribution in [3.8, 4) is 0 Å². The van der Waals surface area contributed by atoms with Crippen LogP contribution in [0, 0.1) is 5.92 Å². The predicted octanol–water partition coefficient (Wildman–Crippen LogP) is 0.658. The maximum Gasteiger partial charge on any atom is 0.224 e. The Balaban J connectivity index is 2.52. The van der Waals surface area contributed by atoms with Crippen molar-refractivity contribution in [3.05, 3.63) is 0 Å². The van der Waals surface area contributed by atoms with Crippen molar-refractivity contribution < 1.29 is 13.2 Å². The lowest BCUT2D eigenvalue weighted by atomic mass is 10.1. The standard InChI is InChI=1S/C13H26N2O3S/c1-4-11(3)9-15(5-2)13(16)8-12-10-19(17,18)7-6-14-12/h11-12,14H,4-10H2,1-3H3. The van der Waals surface area contributed by atoms with Gasteiger partial charge in [0.1, 0.15) is 0 Å². The third kappa shape index (κ3) is 5.48. The van der Waals surface area contributed by atoms with Gasteiger partial charge in [-0.15, -0.1) is 0 Å². The second-order valence-electron chi connectivity index (χ2n) is 5.42. The SMILES string of the molecule is CCC(C)CN(CC)C(=O)CC1CS(=O)(=O)CCN1. The zero-order valence-electron chi connectivity index (χ0n) is 12.2. The fraction of sp³-hybridized carbons (Fsp3) is 0.923. The number of carbonyl (C=O) groups excluding carboxylic acids is 1. The first-order chi connectivity index (χ1) is 8.88. The van der Waals surface area contributed by atoms with Crippen molar-refractivity contribution in [3.63, 3.8) is 0 Å². The highest BCUT2D eigenvalue weighted by Crippen LogP contribution is 2.10. The minimum atomic E-state index is -2.97. The quantitative estimate of drug-likeness (QED) is 0.780. The smallest absolute Gasteiger partial charge is 0.224 e. The summed E-state index contributed by atoms with van der Waals surface area (Å²) in [4.78, 5) is 14.0. The zero-order valence-corrected chi connectivity index (χ0v) is 13.0. The molecule has 0 bridgehead atoms. The zero-order chi connectivity index (χ0) is 14.5. The number of hydrogen-bond donors (Lipinski definition) is 1. The minimum Gasteiger partial charge on any atom is -0.343 e. The Labute approximate surface area is 116 Å². The molecule has 0 aromatic carbocycles. The maximum atomic E-state index is 12.2. The number of amides is 1. The molecule has 0 aromatic rings. The van der Waals surface area contributed by atoms with Gasteiger partial charge in [0.25, 0.3) is 0 Å². The van der Waals surface area contributed by atoms with Crippen LogP contribution in [0.2, 0.25) is 0 Å². The molecule has 1 N–H and O–H groups in total. The molecule has 1 heterocycles. The Morgan fingerprint density at radius 3 is 2.63 bits per heavy atom. The van der Waals surface area contributed by atoms with E-state index in [1.54, 1.807) is 0 Å². The van der Waals surface area contributed by atoms with Crippen LogP contribution < -0.4 is 5.32 Å². The lowest BCUT2D eigenvalue weighted by molar-refractivity contribution is -0.132. The highest BCUT2D eigenvalue weighted by molar-refractivity contribution is 7.91. The molecule has 0 saturated carbocycles. The number of rotatable bonds is 6. The van der Waals surface area contributed by atoms with Gasteiger partial charge in [-0.3, -0.25) is 4.79 Å². The number of carbonyl (C=O) groups is 1. The Hall–Kier alpha value is -0.620. The van der Waals surface area contributed by atoms with Gasteiger partial charge in [-0.1, -0.05) is 20.3 Å². The molecule has 19 heavy (non-hydrogen) atoms. The molecule has 0 aromatic heterocycles. The van der Waals surface area contributed by atoms with Crippen molar-refractivity contribution >= 4 is 15.7 Å². The van der Waals surface area contributed by atoms with E-state index in [0.717, 1.165) is 13.0 Å². The summed E-state index contributed by atoms with van der Waals surface area (Å²) in [7, 11) is -2.97. The van der Waals surface area contributed by atoms with E-state index in [9.17, 15) is 13.2 Å². The van der Waals surface area contributed by atoms with Gasteiger partial charge in [-0.25, -0.2) is 8.42 Å². The van der Waals surface area contributed by atoms with Crippen LogP contribution in [0.25, 0.3) is 0 Å². The molecule has 0 spiro atoms. The van der Waals surface area contributed by atoms with Crippen LogP contribution in [0.3, 0.4) is 0 Å². The molecular formula is C13H26N2O3S. The molecule has 0 radical (unpaired) electrons. The van der Waals surface area contributed by atoms with E-state index in [2.05, 4.69) is 19.2 Å². The summed E-state index contributed by atoms with van der Waals surface area (Å²) in [5, 5.41) is 3.13. The van der Waals surface area contributed by atoms with Gasteiger partial charge in [0.2, 0.25) is 5.91 Å². The van der Waals surface area contributed by atoms with Crippen LogP contribution in [0.1, 0.15) is 33.6 Å². The molecule has 1 rings (SSSR count). The van der Waals surface area contributed by atoms with E-state index < -0.39 is 9.84 Å². The summed E-state index contributed by atoms with van der Waals surface area (Å²) in [5.41, 5.74) is 0. The third-order valence-corrected chi connectivity index (χ3v) is 5.42. The van der Waals surface area contributed by atoms with E-state index in [0.29, 0.717) is 19.0 Å². The fourth-order valence-corrected chi connectivity index (χ4v) is 3.70. The highest BCUT2D eigenvalue weighted by atomic mass is 32.2. The van der Waals surface area contributed by atoms with Crippen LogP contribution in [-0.2, 0) is 14.6 Å². The lowest BCUT2D eigenvalue weighted by Gasteiger charge is -2.28. The van der Waals surface area contributed by atoms with Gasteiger partial charge in [0.05, 0.1) is 11.5 Å². The molecule has 5 nitrogen and oxygen atoms in total. The van der Waals surface area contributed by atoms with Gasteiger partial charge < -0.3 is 10.2 Å². The number of hydrogen-bond acceptors (Lipinski definition) is 4. The van der Waals surface area contributed by atoms with Gasteiger partial charge >= 0.3 is 0 Å². The topological polar surface area (TPSA) is 66.5 Å². The second-order valence-corrected chi connectivity index (χ2v) is 7.64. The molecular weight excluding hydrogens is 264 g/mol. The Morgan fingerprint density at radius 2 is 2.11 bits per heavy atom. The number of nitrogens with one attached hydrogen (secondary N) is 1. The van der Waals surface area contributed by atoms with Crippen LogP contribution >= 0.6 is 0 Å². The molecule has 1 amide bonds. The summed E-state index contributed by atoms with van der Waals surface area (Å²) in [6, 6.07) is -0.225. The number of nitrogens with zero attached hydrogens (tertiary/aromatic N) is 1. The molecule has 2 unspecified atom stereocenters. The Bertz CT molecular complexity index is 395. The van der Waals surface area contributed by atoms with Crippen LogP contribution in [0.15, 0.2) is 0 Å². The molecule has 1 fully saturated rings. The molecule has 6 heteroatoms. The summed E-state index contributed by atoms with van der Waals surface area (Å²) >= 11 is 0. The van der Waals surface area contributed by atoms with Gasteiger partial charge in [-0.2, -0.15) is 0 Å². The average molecular weight is 290 g/mol. The first-order valence-electron chi connectivity index (χ1n) is 7.09. The maximum absolute atomic E-state index is 12.2. The molecule has 1 aliphatic heterocycles. The first-order valence-corrected chi connectivity index (χ1v) is 8.91. The number of sulfone groups is 1. The first kappa shape index (κ1) is 16.4. The largest absolute Gasteiger partial charge is 0.343 e. The van der Waals surface area contributed by atoms with E-state index in [1.165, 1.54) is 0 Å². The Morgan fingerprint density at radius 1 is 1.42 bits per heavy atom. The van der Waals surface area contributed by atoms with E-state index in [1.807, 2.05) is 11.8 Å². The molecule has 2 atom stereocenters. The summed E-state index contributed by atoms with van der Waals surface area (Å²) in [6.45, 7) is 8.09. The summed E-state index contributed by atoms with van der Waals surface area (Å²) in [6.07, 6.45) is 1.32. The second kappa shape index (κ2) is 7.24. The normalized spacial score (nSPS) is 23.8. The molecule has 112 valence electrons. The molecule has 0 aliphatic carbocycles. The van der Waals surface area contributed by atoms with Crippen molar-refractivity contribution in [1.29, 1.82) is 0 Å². The van der Waals surface area contributed by atoms with Crippen LogP contribution in [-0.4, -0.2) is 56.4 Å². The third-order valence-electron chi connectivity index (χ3n) is 3.69. The van der Waals surface area contributed by atoms with Crippen molar-refractivity contribution in [2.24, 2.45) is 5.92 Å². The predicted molar refractivity (Wildman–Crippen MR) is 76.8 cm³/mol. The Kier molecular flexibility index (Phi) is 6.26. The molecule has 1 aliphatic rings. The lowest BCUT2D eigenvalue weighted by Crippen LogP contribution is -2.48. The van der Waals surface area contributed by atoms with Crippen LogP contribution in [0.5, 0.6) is 0 Å². The van der Waals surface area contributed by atoms with Crippen molar-refractivity contribution in [2.75, 3.05) is 31.1 Å². The summed E-state index contributed by atoms with van der Waals surface area (Å²) < 4.78 is 23.1. The average Bonchev–Trinajstić information content (AvgIpc) is 2.34. The van der Waals surface area contributed by atoms with Gasteiger partial charge in [0, 0.05) is 32.1 Å². The van der Waals surface area contributed by atoms with E-state index in [4.69, 9.17) is 0 Å².